The van der Waals surface area contributed by atoms with Crippen molar-refractivity contribution in [3.8, 4) is 11.5 Å². The summed E-state index contributed by atoms with van der Waals surface area (Å²) < 4.78 is 9.83. The fraction of sp³-hybridized carbons (Fsp3) is 0.390. The minimum Gasteiger partial charge on any atom is -0.501 e. The summed E-state index contributed by atoms with van der Waals surface area (Å²) in [6, 6.07) is 39.9. The molecule has 0 saturated heterocycles. The SMILES string of the molecule is CC(C)N1CCn2c(CC3(c4ccc5ccccc5c4)CCCC3)nc(=O)c(O)c2C1=O.CC(C)N1CCn2c(CC3(c4ccc5ccccc5c4)CCCC3)nc(=O)c(OCc3ccccc3)c2C1=O. The van der Waals surface area contributed by atoms with Crippen molar-refractivity contribution < 1.29 is 19.4 Å². The summed E-state index contributed by atoms with van der Waals surface area (Å²) in [5.41, 5.74) is 2.50. The number of aromatic hydroxyl groups is 1. The lowest BCUT2D eigenvalue weighted by molar-refractivity contribution is 0.0626. The summed E-state index contributed by atoms with van der Waals surface area (Å²) in [6.07, 6.45) is 9.86. The molecule has 0 unspecified atom stereocenters. The van der Waals surface area contributed by atoms with Crippen LogP contribution in [0.4, 0.5) is 0 Å². The molecule has 4 aliphatic rings. The van der Waals surface area contributed by atoms with Crippen LogP contribution in [0.2, 0.25) is 0 Å². The van der Waals surface area contributed by atoms with Crippen LogP contribution in [0.25, 0.3) is 21.5 Å². The molecular formula is C59H64N6O6. The third-order valence-corrected chi connectivity index (χ3v) is 15.8. The highest BCUT2D eigenvalue weighted by molar-refractivity contribution is 5.96. The average molecular weight is 953 g/mol. The molecule has 1 N–H and O–H groups in total. The average Bonchev–Trinajstić information content (AvgIpc) is 4.07. The second-order valence-electron chi connectivity index (χ2n) is 20.8. The van der Waals surface area contributed by atoms with Gasteiger partial charge < -0.3 is 28.8 Å². The minimum absolute atomic E-state index is 0.00106. The van der Waals surface area contributed by atoms with E-state index in [1.54, 1.807) is 9.47 Å². The zero-order chi connectivity index (χ0) is 49.4. The van der Waals surface area contributed by atoms with Gasteiger partial charge in [0.15, 0.2) is 11.4 Å². The molecule has 0 atom stereocenters. The molecular weight excluding hydrogens is 889 g/mol. The molecule has 366 valence electrons. The van der Waals surface area contributed by atoms with Crippen LogP contribution < -0.4 is 15.9 Å². The Labute approximate surface area is 415 Å². The van der Waals surface area contributed by atoms with E-state index in [1.807, 2.05) is 73.6 Å². The first-order chi connectivity index (χ1) is 34.3. The van der Waals surface area contributed by atoms with E-state index < -0.39 is 16.9 Å². The summed E-state index contributed by atoms with van der Waals surface area (Å²) in [5.74, 6) is 0.366. The van der Waals surface area contributed by atoms with Crippen molar-refractivity contribution in [2.45, 2.75) is 135 Å². The predicted octanol–water partition coefficient (Wildman–Crippen LogP) is 9.91. The highest BCUT2D eigenvalue weighted by Gasteiger charge is 2.42. The predicted molar refractivity (Wildman–Crippen MR) is 277 cm³/mol. The third-order valence-electron chi connectivity index (χ3n) is 15.8. The van der Waals surface area contributed by atoms with Gasteiger partial charge in [-0.25, -0.2) is 0 Å². The Morgan fingerprint density at radius 1 is 0.535 bits per heavy atom. The monoisotopic (exact) mass is 952 g/mol. The maximum absolute atomic E-state index is 13.8. The number of hydrogen-bond donors (Lipinski definition) is 1. The number of aromatic nitrogens is 4. The van der Waals surface area contributed by atoms with Crippen LogP contribution in [0.5, 0.6) is 11.5 Å². The van der Waals surface area contributed by atoms with Gasteiger partial charge in [-0.3, -0.25) is 19.2 Å². The molecule has 71 heavy (non-hydrogen) atoms. The van der Waals surface area contributed by atoms with Crippen LogP contribution in [0.1, 0.15) is 128 Å². The zero-order valence-corrected chi connectivity index (χ0v) is 41.4. The fourth-order valence-electron chi connectivity index (χ4n) is 12.0. The van der Waals surface area contributed by atoms with E-state index in [9.17, 15) is 24.3 Å². The number of carbonyl (C=O) groups excluding carboxylic acids is 2. The van der Waals surface area contributed by atoms with Crippen LogP contribution in [-0.2, 0) is 43.4 Å². The van der Waals surface area contributed by atoms with Crippen LogP contribution in [0, 0.1) is 0 Å². The van der Waals surface area contributed by atoms with Crippen LogP contribution in [0.15, 0.2) is 125 Å². The molecule has 0 radical (unpaired) electrons. The summed E-state index contributed by atoms with van der Waals surface area (Å²) >= 11 is 0. The molecule has 2 saturated carbocycles. The molecule has 2 aliphatic carbocycles. The van der Waals surface area contributed by atoms with E-state index in [2.05, 4.69) is 88.8 Å². The first kappa shape index (κ1) is 47.6. The van der Waals surface area contributed by atoms with E-state index in [0.29, 0.717) is 56.4 Å². The van der Waals surface area contributed by atoms with Gasteiger partial charge in [-0.05, 0) is 91.6 Å². The molecule has 12 nitrogen and oxygen atoms in total. The van der Waals surface area contributed by atoms with Gasteiger partial charge >= 0.3 is 11.1 Å². The smallest absolute Gasteiger partial charge is 0.316 e. The minimum atomic E-state index is -0.711. The van der Waals surface area contributed by atoms with Crippen molar-refractivity contribution in [1.82, 2.24) is 28.9 Å². The molecule has 11 rings (SSSR count). The van der Waals surface area contributed by atoms with Crippen molar-refractivity contribution in [3.63, 3.8) is 0 Å². The van der Waals surface area contributed by atoms with Crippen LogP contribution in [0.3, 0.4) is 0 Å². The zero-order valence-electron chi connectivity index (χ0n) is 41.4. The molecule has 4 heterocycles. The lowest BCUT2D eigenvalue weighted by Crippen LogP contribution is -2.47. The van der Waals surface area contributed by atoms with Crippen molar-refractivity contribution >= 4 is 33.4 Å². The quantitative estimate of drug-likeness (QED) is 0.135. The molecule has 5 aromatic carbocycles. The van der Waals surface area contributed by atoms with Gasteiger partial charge in [-0.1, -0.05) is 141 Å². The Kier molecular flexibility index (Phi) is 13.1. The van der Waals surface area contributed by atoms with Gasteiger partial charge in [0.25, 0.3) is 11.8 Å². The molecule has 2 aliphatic heterocycles. The van der Waals surface area contributed by atoms with Crippen molar-refractivity contribution in [3.05, 3.63) is 176 Å². The maximum Gasteiger partial charge on any atom is 0.316 e. The van der Waals surface area contributed by atoms with Gasteiger partial charge in [0, 0.05) is 61.9 Å². The number of nitrogens with zero attached hydrogens (tertiary/aromatic N) is 6. The number of amides is 2. The molecule has 12 heteroatoms. The van der Waals surface area contributed by atoms with E-state index in [0.717, 1.165) is 56.9 Å². The second-order valence-corrected chi connectivity index (χ2v) is 20.8. The van der Waals surface area contributed by atoms with Gasteiger partial charge in [-0.2, -0.15) is 9.97 Å². The second kappa shape index (κ2) is 19.6. The maximum atomic E-state index is 13.8. The number of rotatable bonds is 11. The van der Waals surface area contributed by atoms with Crippen LogP contribution >= 0.6 is 0 Å². The van der Waals surface area contributed by atoms with E-state index >= 15 is 0 Å². The van der Waals surface area contributed by atoms with Gasteiger partial charge in [0.1, 0.15) is 18.3 Å². The largest absolute Gasteiger partial charge is 0.501 e. The molecule has 2 fully saturated rings. The number of ether oxygens (including phenoxy) is 1. The summed E-state index contributed by atoms with van der Waals surface area (Å²) in [7, 11) is 0. The number of fused-ring (bicyclic) bond motifs is 4. The number of carbonyl (C=O) groups is 2. The summed E-state index contributed by atoms with van der Waals surface area (Å²) in [4.78, 5) is 65.4. The Morgan fingerprint density at radius 2 is 0.972 bits per heavy atom. The van der Waals surface area contributed by atoms with Crippen molar-refractivity contribution in [1.29, 1.82) is 0 Å². The van der Waals surface area contributed by atoms with Gasteiger partial charge in [0.2, 0.25) is 11.5 Å². The normalized spacial score (nSPS) is 17.2. The van der Waals surface area contributed by atoms with E-state index in [-0.39, 0.29) is 52.8 Å². The standard InChI is InChI=1S/C33H35N3O3.C26H29N3O3/c1-23(2)35-18-19-36-28(34-31(37)30(29(36)32(35)38)39-22-24-10-4-3-5-11-24)21-33(16-8-9-17-33)27-15-14-25-12-6-7-13-26(25)20-27;1-17(2)28-13-14-29-21(27-24(31)23(30)22(29)25(28)32)16-26(11-5-6-12-26)20-10-9-18-7-3-4-8-19(18)15-20/h3-7,10-15,20,23H,8-9,16-19,21-22H2,1-2H3;3-4,7-10,15,17,30H,5-6,11-14,16H2,1-2H3. The summed E-state index contributed by atoms with van der Waals surface area (Å²) in [6.45, 7) is 10.4. The van der Waals surface area contributed by atoms with Crippen molar-refractivity contribution in [2.24, 2.45) is 0 Å². The fourth-order valence-corrected chi connectivity index (χ4v) is 12.0. The third kappa shape index (κ3) is 9.13. The summed E-state index contributed by atoms with van der Waals surface area (Å²) in [5, 5.41) is 15.3. The van der Waals surface area contributed by atoms with E-state index in [4.69, 9.17) is 4.74 Å². The van der Waals surface area contributed by atoms with Crippen molar-refractivity contribution in [2.75, 3.05) is 13.1 Å². The highest BCUT2D eigenvalue weighted by atomic mass is 16.5. The first-order valence-electron chi connectivity index (χ1n) is 25.6. The Morgan fingerprint density at radius 3 is 1.46 bits per heavy atom. The molecule has 0 spiro atoms. The van der Waals surface area contributed by atoms with Gasteiger partial charge in [-0.15, -0.1) is 0 Å². The van der Waals surface area contributed by atoms with Gasteiger partial charge in [0.05, 0.1) is 0 Å². The van der Waals surface area contributed by atoms with Crippen LogP contribution in [-0.4, -0.2) is 71.0 Å². The molecule has 0 bridgehead atoms. The topological polar surface area (TPSA) is 140 Å². The lowest BCUT2D eigenvalue weighted by Gasteiger charge is -2.36. The Hall–Kier alpha value is -7.08. The Balaban J connectivity index is 0.000000167. The lowest BCUT2D eigenvalue weighted by atomic mass is 9.75. The Bertz CT molecular complexity index is 3260. The highest BCUT2D eigenvalue weighted by Crippen LogP contribution is 2.46. The van der Waals surface area contributed by atoms with E-state index in [1.165, 1.54) is 32.7 Å². The molecule has 7 aromatic rings. The molecule has 2 amide bonds. The number of benzene rings is 5. The first-order valence-corrected chi connectivity index (χ1v) is 25.6. The number of hydrogen-bond acceptors (Lipinski definition) is 8. The molecule has 2 aromatic heterocycles.